The van der Waals surface area contributed by atoms with Gasteiger partial charge in [-0.2, -0.15) is 5.10 Å². The van der Waals surface area contributed by atoms with Crippen LogP contribution in [0.2, 0.25) is 0 Å². The average Bonchev–Trinajstić information content (AvgIpc) is 3.47. The van der Waals surface area contributed by atoms with Crippen LogP contribution >= 0.6 is 11.3 Å². The highest BCUT2D eigenvalue weighted by molar-refractivity contribution is 7.14. The first-order chi connectivity index (χ1) is 15.0. The Morgan fingerprint density at radius 3 is 2.74 bits per heavy atom. The number of rotatable bonds is 7. The highest BCUT2D eigenvalue weighted by atomic mass is 32.1. The van der Waals surface area contributed by atoms with E-state index < -0.39 is 0 Å². The fraction of sp³-hybridized carbons (Fsp3) is 0.273. The number of carbonyl (C=O) groups excluding carboxylic acids is 1. The number of benzene rings is 1. The van der Waals surface area contributed by atoms with Gasteiger partial charge in [-0.1, -0.05) is 23.4 Å². The quantitative estimate of drug-likeness (QED) is 0.447. The SMILES string of the molecule is CCn1cc(-c2csc(NC(=O)c3noc(C)c3COc3c(C)cccc3C)n2)cn1. The molecule has 0 unspecified atom stereocenters. The Labute approximate surface area is 183 Å². The van der Waals surface area contributed by atoms with Gasteiger partial charge in [-0.3, -0.25) is 14.8 Å². The van der Waals surface area contributed by atoms with Crippen LogP contribution in [-0.4, -0.2) is 25.8 Å². The average molecular weight is 438 g/mol. The monoisotopic (exact) mass is 437 g/mol. The van der Waals surface area contributed by atoms with Crippen molar-refractivity contribution in [2.75, 3.05) is 5.32 Å². The van der Waals surface area contributed by atoms with E-state index in [-0.39, 0.29) is 18.2 Å². The third-order valence-electron chi connectivity index (χ3n) is 4.95. The summed E-state index contributed by atoms with van der Waals surface area (Å²) in [7, 11) is 0. The van der Waals surface area contributed by atoms with E-state index in [0.717, 1.165) is 34.7 Å². The maximum absolute atomic E-state index is 12.9. The lowest BCUT2D eigenvalue weighted by atomic mass is 10.1. The van der Waals surface area contributed by atoms with Crippen molar-refractivity contribution in [2.24, 2.45) is 0 Å². The minimum absolute atomic E-state index is 0.184. The fourth-order valence-electron chi connectivity index (χ4n) is 3.20. The van der Waals surface area contributed by atoms with Gasteiger partial charge in [-0.05, 0) is 38.8 Å². The standard InChI is InChI=1S/C22H23N5O3S/c1-5-27-10-16(9-23-27)18-12-31-22(24-18)25-21(28)19-17(15(4)30-26-19)11-29-20-13(2)7-6-8-14(20)3/h6-10,12H,5,11H2,1-4H3,(H,24,25,28). The highest BCUT2D eigenvalue weighted by Gasteiger charge is 2.22. The van der Waals surface area contributed by atoms with E-state index >= 15 is 0 Å². The molecule has 1 N–H and O–H groups in total. The number of anilines is 1. The van der Waals surface area contributed by atoms with Crippen LogP contribution in [-0.2, 0) is 13.2 Å². The number of para-hydroxylation sites is 1. The first-order valence-corrected chi connectivity index (χ1v) is 10.8. The Morgan fingerprint density at radius 2 is 2.03 bits per heavy atom. The Balaban J connectivity index is 1.48. The smallest absolute Gasteiger partial charge is 0.280 e. The van der Waals surface area contributed by atoms with E-state index in [1.807, 2.05) is 55.2 Å². The molecule has 0 saturated heterocycles. The van der Waals surface area contributed by atoms with Gasteiger partial charge in [0.2, 0.25) is 0 Å². The highest BCUT2D eigenvalue weighted by Crippen LogP contribution is 2.27. The van der Waals surface area contributed by atoms with Crippen LogP contribution < -0.4 is 10.1 Å². The van der Waals surface area contributed by atoms with Gasteiger partial charge in [0.15, 0.2) is 10.8 Å². The molecule has 0 aliphatic carbocycles. The van der Waals surface area contributed by atoms with Crippen LogP contribution in [0.1, 0.15) is 39.9 Å². The zero-order valence-electron chi connectivity index (χ0n) is 17.8. The number of hydrogen-bond donors (Lipinski definition) is 1. The van der Waals surface area contributed by atoms with E-state index in [4.69, 9.17) is 9.26 Å². The summed E-state index contributed by atoms with van der Waals surface area (Å²) >= 11 is 1.34. The number of aromatic nitrogens is 4. The lowest BCUT2D eigenvalue weighted by molar-refractivity contribution is 0.101. The van der Waals surface area contributed by atoms with Crippen molar-refractivity contribution in [2.45, 2.75) is 40.8 Å². The summed E-state index contributed by atoms with van der Waals surface area (Å²) in [5, 5.41) is 13.4. The number of amides is 1. The van der Waals surface area contributed by atoms with Crippen LogP contribution in [0.3, 0.4) is 0 Å². The second-order valence-electron chi connectivity index (χ2n) is 7.15. The van der Waals surface area contributed by atoms with Gasteiger partial charge < -0.3 is 9.26 Å². The van der Waals surface area contributed by atoms with E-state index in [2.05, 4.69) is 20.6 Å². The number of nitrogens with one attached hydrogen (secondary N) is 1. The molecule has 3 heterocycles. The molecule has 1 amide bonds. The Hall–Kier alpha value is -3.46. The summed E-state index contributed by atoms with van der Waals surface area (Å²) in [6, 6.07) is 5.96. The Kier molecular flexibility index (Phi) is 5.85. The lowest BCUT2D eigenvalue weighted by Gasteiger charge is -2.11. The van der Waals surface area contributed by atoms with Gasteiger partial charge >= 0.3 is 0 Å². The number of carbonyl (C=O) groups is 1. The maximum atomic E-state index is 12.9. The summed E-state index contributed by atoms with van der Waals surface area (Å²) in [5.74, 6) is 0.956. The van der Waals surface area contributed by atoms with Gasteiger partial charge in [0.25, 0.3) is 5.91 Å². The van der Waals surface area contributed by atoms with Gasteiger partial charge in [0, 0.05) is 23.7 Å². The van der Waals surface area contributed by atoms with Crippen LogP contribution in [0.4, 0.5) is 5.13 Å². The predicted octanol–water partition coefficient (Wildman–Crippen LogP) is 4.77. The van der Waals surface area contributed by atoms with Crippen molar-refractivity contribution >= 4 is 22.4 Å². The molecule has 0 radical (unpaired) electrons. The number of thiazole rings is 1. The summed E-state index contributed by atoms with van der Waals surface area (Å²) in [6.45, 7) is 8.72. The van der Waals surface area contributed by atoms with Crippen molar-refractivity contribution in [1.29, 1.82) is 0 Å². The van der Waals surface area contributed by atoms with Gasteiger partial charge in [-0.15, -0.1) is 11.3 Å². The summed E-state index contributed by atoms with van der Waals surface area (Å²) in [4.78, 5) is 17.3. The van der Waals surface area contributed by atoms with Gasteiger partial charge in [0.1, 0.15) is 18.1 Å². The van der Waals surface area contributed by atoms with E-state index in [1.54, 1.807) is 13.1 Å². The number of aryl methyl sites for hydroxylation is 4. The molecule has 8 nitrogen and oxygen atoms in total. The Morgan fingerprint density at radius 1 is 1.26 bits per heavy atom. The summed E-state index contributed by atoms with van der Waals surface area (Å²) in [5.41, 5.74) is 4.53. The second kappa shape index (κ2) is 8.73. The molecule has 4 aromatic rings. The molecule has 9 heteroatoms. The number of nitrogens with zero attached hydrogens (tertiary/aromatic N) is 4. The first kappa shape index (κ1) is 20.8. The largest absolute Gasteiger partial charge is 0.488 e. The van der Waals surface area contributed by atoms with Crippen LogP contribution in [0.15, 0.2) is 40.5 Å². The minimum atomic E-state index is -0.387. The fourth-order valence-corrected chi connectivity index (χ4v) is 3.91. The molecule has 0 fully saturated rings. The van der Waals surface area contributed by atoms with Crippen LogP contribution in [0.25, 0.3) is 11.3 Å². The molecule has 4 rings (SSSR count). The zero-order chi connectivity index (χ0) is 22.0. The molecule has 31 heavy (non-hydrogen) atoms. The normalized spacial score (nSPS) is 11.0. The third-order valence-corrected chi connectivity index (χ3v) is 5.70. The van der Waals surface area contributed by atoms with Crippen molar-refractivity contribution in [3.05, 3.63) is 64.1 Å². The van der Waals surface area contributed by atoms with Crippen molar-refractivity contribution in [3.63, 3.8) is 0 Å². The minimum Gasteiger partial charge on any atom is -0.488 e. The molecular weight excluding hydrogens is 414 g/mol. The van der Waals surface area contributed by atoms with Gasteiger partial charge in [0.05, 0.1) is 17.5 Å². The third kappa shape index (κ3) is 4.36. The zero-order valence-corrected chi connectivity index (χ0v) is 18.6. The lowest BCUT2D eigenvalue weighted by Crippen LogP contribution is -2.15. The molecule has 3 aromatic heterocycles. The summed E-state index contributed by atoms with van der Waals surface area (Å²) in [6.07, 6.45) is 3.68. The van der Waals surface area contributed by atoms with Crippen molar-refractivity contribution in [1.82, 2.24) is 19.9 Å². The molecule has 0 saturated carbocycles. The maximum Gasteiger partial charge on any atom is 0.280 e. The number of ether oxygens (including phenoxy) is 1. The molecule has 0 aliphatic rings. The molecule has 1 aromatic carbocycles. The Bertz CT molecular complexity index is 1200. The van der Waals surface area contributed by atoms with Crippen LogP contribution in [0.5, 0.6) is 5.75 Å². The van der Waals surface area contributed by atoms with Crippen molar-refractivity contribution in [3.8, 4) is 17.0 Å². The predicted molar refractivity (Wildman–Crippen MR) is 118 cm³/mol. The van der Waals surface area contributed by atoms with E-state index in [1.165, 1.54) is 11.3 Å². The molecule has 0 bridgehead atoms. The molecule has 0 spiro atoms. The van der Waals surface area contributed by atoms with Gasteiger partial charge in [-0.25, -0.2) is 4.98 Å². The summed E-state index contributed by atoms with van der Waals surface area (Å²) < 4.78 is 13.1. The van der Waals surface area contributed by atoms with E-state index in [0.29, 0.717) is 16.5 Å². The number of hydrogen-bond acceptors (Lipinski definition) is 7. The van der Waals surface area contributed by atoms with Crippen molar-refractivity contribution < 1.29 is 14.1 Å². The topological polar surface area (TPSA) is 95.1 Å². The molecular formula is C22H23N5O3S. The van der Waals surface area contributed by atoms with E-state index in [9.17, 15) is 4.79 Å². The first-order valence-electron chi connectivity index (χ1n) is 9.90. The molecule has 0 atom stereocenters. The molecule has 160 valence electrons. The second-order valence-corrected chi connectivity index (χ2v) is 8.01. The van der Waals surface area contributed by atoms with Crippen LogP contribution in [0, 0.1) is 20.8 Å². The molecule has 0 aliphatic heterocycles.